The summed E-state index contributed by atoms with van der Waals surface area (Å²) in [6.45, 7) is 6.51. The lowest BCUT2D eigenvalue weighted by Crippen LogP contribution is -2.33. The van der Waals surface area contributed by atoms with Crippen LogP contribution >= 0.6 is 0 Å². The maximum atomic E-state index is 13.8. The predicted molar refractivity (Wildman–Crippen MR) is 107 cm³/mol. The van der Waals surface area contributed by atoms with Crippen molar-refractivity contribution in [1.82, 2.24) is 10.3 Å². The highest BCUT2D eigenvalue weighted by Gasteiger charge is 2.16. The van der Waals surface area contributed by atoms with Crippen LogP contribution in [0.5, 0.6) is 0 Å². The van der Waals surface area contributed by atoms with Gasteiger partial charge in [0.05, 0.1) is 0 Å². The number of amides is 1. The number of benzene rings is 1. The third kappa shape index (κ3) is 5.16. The van der Waals surface area contributed by atoms with E-state index in [1.54, 1.807) is 31.3 Å². The number of allylic oxidation sites excluding steroid dienone is 1. The summed E-state index contributed by atoms with van der Waals surface area (Å²) in [5.41, 5.74) is 1.97. The fourth-order valence-electron chi connectivity index (χ4n) is 3.24. The van der Waals surface area contributed by atoms with Crippen LogP contribution in [0.25, 0.3) is 5.57 Å². The predicted octanol–water partition coefficient (Wildman–Crippen LogP) is 4.18. The molecule has 0 aliphatic carbocycles. The van der Waals surface area contributed by atoms with Crippen LogP contribution in [0.3, 0.4) is 0 Å². The molecular formula is C22H26FN3O. The molecule has 1 aromatic carbocycles. The van der Waals surface area contributed by atoms with Crippen LogP contribution in [0.2, 0.25) is 0 Å². The topological polar surface area (TPSA) is 45.2 Å². The molecule has 4 nitrogen and oxygen atoms in total. The van der Waals surface area contributed by atoms with Gasteiger partial charge in [0.2, 0.25) is 5.91 Å². The SMILES string of the molecule is C/C(=C\C(=O)NCc1ccc(N2CCC(C)CC2)nc1)c1ccccc1F. The standard InChI is InChI=1S/C22H26FN3O/c1-16-9-11-26(12-10-16)21-8-7-18(14-24-21)15-25-22(27)13-17(2)19-5-3-4-6-20(19)23/h3-8,13-14,16H,9-12,15H2,1-2H3,(H,25,27)/b17-13+. The maximum Gasteiger partial charge on any atom is 0.244 e. The van der Waals surface area contributed by atoms with E-state index < -0.39 is 0 Å². The average molecular weight is 367 g/mol. The molecule has 142 valence electrons. The highest BCUT2D eigenvalue weighted by atomic mass is 19.1. The highest BCUT2D eigenvalue weighted by Crippen LogP contribution is 2.21. The number of hydrogen-bond donors (Lipinski definition) is 1. The van der Waals surface area contributed by atoms with Gasteiger partial charge in [-0.3, -0.25) is 4.79 Å². The molecule has 1 aliphatic heterocycles. The molecule has 0 unspecified atom stereocenters. The van der Waals surface area contributed by atoms with Gasteiger partial charge in [0, 0.05) is 37.5 Å². The molecule has 2 heterocycles. The number of rotatable bonds is 5. The van der Waals surface area contributed by atoms with E-state index in [0.717, 1.165) is 30.4 Å². The van der Waals surface area contributed by atoms with E-state index in [4.69, 9.17) is 0 Å². The number of nitrogens with zero attached hydrogens (tertiary/aromatic N) is 2. The van der Waals surface area contributed by atoms with E-state index in [1.165, 1.54) is 25.0 Å². The van der Waals surface area contributed by atoms with E-state index in [2.05, 4.69) is 22.1 Å². The largest absolute Gasteiger partial charge is 0.357 e. The van der Waals surface area contributed by atoms with Crippen molar-refractivity contribution in [1.29, 1.82) is 0 Å². The fourth-order valence-corrected chi connectivity index (χ4v) is 3.24. The minimum Gasteiger partial charge on any atom is -0.357 e. The Labute approximate surface area is 160 Å². The van der Waals surface area contributed by atoms with Crippen LogP contribution in [0.4, 0.5) is 10.2 Å². The van der Waals surface area contributed by atoms with Gasteiger partial charge in [-0.25, -0.2) is 9.37 Å². The number of hydrogen-bond acceptors (Lipinski definition) is 3. The summed E-state index contributed by atoms with van der Waals surface area (Å²) in [4.78, 5) is 19.0. The third-order valence-corrected chi connectivity index (χ3v) is 5.03. The van der Waals surface area contributed by atoms with Crippen molar-refractivity contribution in [3.8, 4) is 0 Å². The van der Waals surface area contributed by atoms with Gasteiger partial charge in [-0.15, -0.1) is 0 Å². The Morgan fingerprint density at radius 1 is 1.26 bits per heavy atom. The van der Waals surface area contributed by atoms with Gasteiger partial charge in [-0.05, 0) is 49.0 Å². The van der Waals surface area contributed by atoms with Gasteiger partial charge in [-0.2, -0.15) is 0 Å². The van der Waals surface area contributed by atoms with E-state index in [9.17, 15) is 9.18 Å². The van der Waals surface area contributed by atoms with Crippen LogP contribution in [0.15, 0.2) is 48.7 Å². The summed E-state index contributed by atoms with van der Waals surface area (Å²) in [5.74, 6) is 1.21. The van der Waals surface area contributed by atoms with Gasteiger partial charge in [-0.1, -0.05) is 31.2 Å². The van der Waals surface area contributed by atoms with E-state index in [-0.39, 0.29) is 11.7 Å². The number of carbonyl (C=O) groups excluding carboxylic acids is 1. The average Bonchev–Trinajstić information content (AvgIpc) is 2.68. The molecule has 1 amide bonds. The number of piperidine rings is 1. The quantitative estimate of drug-likeness (QED) is 0.807. The Bertz CT molecular complexity index is 809. The van der Waals surface area contributed by atoms with Crippen molar-refractivity contribution in [2.45, 2.75) is 33.2 Å². The molecule has 1 saturated heterocycles. The lowest BCUT2D eigenvalue weighted by molar-refractivity contribution is -0.116. The zero-order valence-corrected chi connectivity index (χ0v) is 15.9. The first-order valence-corrected chi connectivity index (χ1v) is 9.44. The van der Waals surface area contributed by atoms with Gasteiger partial charge in [0.25, 0.3) is 0 Å². The van der Waals surface area contributed by atoms with Gasteiger partial charge in [0.15, 0.2) is 0 Å². The Kier molecular flexibility index (Phi) is 6.22. The number of anilines is 1. The second-order valence-corrected chi connectivity index (χ2v) is 7.22. The molecule has 5 heteroatoms. The molecule has 27 heavy (non-hydrogen) atoms. The molecule has 0 spiro atoms. The van der Waals surface area contributed by atoms with Crippen LogP contribution in [0.1, 0.15) is 37.8 Å². The van der Waals surface area contributed by atoms with Crippen LogP contribution < -0.4 is 10.2 Å². The zero-order chi connectivity index (χ0) is 19.2. The maximum absolute atomic E-state index is 13.8. The van der Waals surface area contributed by atoms with E-state index in [1.807, 2.05) is 12.1 Å². The lowest BCUT2D eigenvalue weighted by Gasteiger charge is -2.31. The third-order valence-electron chi connectivity index (χ3n) is 5.03. The lowest BCUT2D eigenvalue weighted by atomic mass is 9.99. The minimum atomic E-state index is -0.328. The van der Waals surface area contributed by atoms with Crippen LogP contribution in [-0.4, -0.2) is 24.0 Å². The molecule has 1 aliphatic rings. The summed E-state index contributed by atoms with van der Waals surface area (Å²) in [6.07, 6.45) is 5.64. The summed E-state index contributed by atoms with van der Waals surface area (Å²) >= 11 is 0. The van der Waals surface area contributed by atoms with E-state index >= 15 is 0 Å². The normalized spacial score (nSPS) is 15.7. The van der Waals surface area contributed by atoms with Crippen molar-refractivity contribution >= 4 is 17.3 Å². The molecule has 3 rings (SSSR count). The number of aromatic nitrogens is 1. The van der Waals surface area contributed by atoms with Crippen molar-refractivity contribution in [3.63, 3.8) is 0 Å². The summed E-state index contributed by atoms with van der Waals surface area (Å²) in [5, 5.41) is 2.83. The Morgan fingerprint density at radius 2 is 2.00 bits per heavy atom. The molecule has 1 aromatic heterocycles. The Balaban J connectivity index is 1.54. The van der Waals surface area contributed by atoms with Gasteiger partial charge in [0.1, 0.15) is 11.6 Å². The molecule has 0 bridgehead atoms. The number of halogens is 1. The molecular weight excluding hydrogens is 341 g/mol. The van der Waals surface area contributed by atoms with Crippen molar-refractivity contribution < 1.29 is 9.18 Å². The summed E-state index contributed by atoms with van der Waals surface area (Å²) in [7, 11) is 0. The van der Waals surface area contributed by atoms with Crippen LogP contribution in [0, 0.1) is 11.7 Å². The molecule has 0 atom stereocenters. The fraction of sp³-hybridized carbons (Fsp3) is 0.364. The zero-order valence-electron chi connectivity index (χ0n) is 15.9. The van der Waals surface area contributed by atoms with Crippen molar-refractivity contribution in [3.05, 3.63) is 65.6 Å². The Morgan fingerprint density at radius 3 is 2.67 bits per heavy atom. The van der Waals surface area contributed by atoms with Crippen LogP contribution in [-0.2, 0) is 11.3 Å². The number of pyridine rings is 1. The first-order valence-electron chi connectivity index (χ1n) is 9.44. The number of nitrogens with one attached hydrogen (secondary N) is 1. The van der Waals surface area contributed by atoms with Gasteiger partial charge < -0.3 is 10.2 Å². The first kappa shape index (κ1) is 19.1. The second-order valence-electron chi connectivity index (χ2n) is 7.22. The monoisotopic (exact) mass is 367 g/mol. The molecule has 1 N–H and O–H groups in total. The highest BCUT2D eigenvalue weighted by molar-refractivity contribution is 5.94. The molecule has 1 fully saturated rings. The second kappa shape index (κ2) is 8.80. The minimum absolute atomic E-state index is 0.246. The van der Waals surface area contributed by atoms with Crippen molar-refractivity contribution in [2.75, 3.05) is 18.0 Å². The Hall–Kier alpha value is -2.69. The smallest absolute Gasteiger partial charge is 0.244 e. The first-order chi connectivity index (χ1) is 13.0. The van der Waals surface area contributed by atoms with Gasteiger partial charge >= 0.3 is 0 Å². The van der Waals surface area contributed by atoms with E-state index in [0.29, 0.717) is 17.7 Å². The molecule has 0 radical (unpaired) electrons. The molecule has 2 aromatic rings. The summed E-state index contributed by atoms with van der Waals surface area (Å²) in [6, 6.07) is 10.4. The number of carbonyl (C=O) groups is 1. The van der Waals surface area contributed by atoms with Crippen molar-refractivity contribution in [2.24, 2.45) is 5.92 Å². The summed E-state index contributed by atoms with van der Waals surface area (Å²) < 4.78 is 13.8. The molecule has 0 saturated carbocycles.